The van der Waals surface area contributed by atoms with Crippen LogP contribution in [-0.4, -0.2) is 28.8 Å². The van der Waals surface area contributed by atoms with Crippen molar-refractivity contribution < 1.29 is 4.39 Å². The van der Waals surface area contributed by atoms with Gasteiger partial charge >= 0.3 is 0 Å². The molecule has 0 radical (unpaired) electrons. The standard InChI is InChI=1S/C15H21FN4S/c1-11-4-2-3-7-20(11)10-13-6-5-12(8-14(13)16)9-18-19-15(17)21/h5-6,8-9,11H,2-4,7,10H2,1H3,(H3,17,19,21). The number of nitrogens with zero attached hydrogens (tertiary/aromatic N) is 2. The first-order chi connectivity index (χ1) is 10.1. The Morgan fingerprint density at radius 1 is 1.57 bits per heavy atom. The topological polar surface area (TPSA) is 53.6 Å². The summed E-state index contributed by atoms with van der Waals surface area (Å²) in [6.07, 6.45) is 5.15. The van der Waals surface area contributed by atoms with Crippen LogP contribution in [0.15, 0.2) is 23.3 Å². The van der Waals surface area contributed by atoms with Gasteiger partial charge in [0.15, 0.2) is 5.11 Å². The fourth-order valence-corrected chi connectivity index (χ4v) is 2.61. The van der Waals surface area contributed by atoms with E-state index in [0.29, 0.717) is 18.2 Å². The van der Waals surface area contributed by atoms with E-state index in [1.54, 1.807) is 0 Å². The number of benzene rings is 1. The highest BCUT2D eigenvalue weighted by Gasteiger charge is 2.19. The van der Waals surface area contributed by atoms with Gasteiger partial charge in [-0.1, -0.05) is 18.6 Å². The van der Waals surface area contributed by atoms with Crippen molar-refractivity contribution >= 4 is 23.5 Å². The molecule has 4 nitrogen and oxygen atoms in total. The molecule has 0 aromatic heterocycles. The predicted molar refractivity (Wildman–Crippen MR) is 87.6 cm³/mol. The Kier molecular flexibility index (Phi) is 5.64. The molecule has 21 heavy (non-hydrogen) atoms. The van der Waals surface area contributed by atoms with Crippen LogP contribution in [0.2, 0.25) is 0 Å². The Labute approximate surface area is 130 Å². The van der Waals surface area contributed by atoms with Crippen molar-refractivity contribution in [3.8, 4) is 0 Å². The van der Waals surface area contributed by atoms with Gasteiger partial charge in [0.2, 0.25) is 0 Å². The Bertz CT molecular complexity index is 532. The highest BCUT2D eigenvalue weighted by molar-refractivity contribution is 7.80. The maximum Gasteiger partial charge on any atom is 0.184 e. The molecular weight excluding hydrogens is 287 g/mol. The molecule has 1 aliphatic rings. The molecule has 0 aliphatic carbocycles. The Morgan fingerprint density at radius 3 is 3.05 bits per heavy atom. The largest absolute Gasteiger partial charge is 0.375 e. The van der Waals surface area contributed by atoms with Crippen molar-refractivity contribution in [3.63, 3.8) is 0 Å². The zero-order valence-corrected chi connectivity index (χ0v) is 13.0. The highest BCUT2D eigenvalue weighted by Crippen LogP contribution is 2.20. The van der Waals surface area contributed by atoms with Crippen LogP contribution < -0.4 is 11.2 Å². The number of halogens is 1. The number of hydrogen-bond acceptors (Lipinski definition) is 3. The first-order valence-corrected chi connectivity index (χ1v) is 7.58. The second-order valence-corrected chi connectivity index (χ2v) is 5.84. The molecule has 1 aromatic rings. The lowest BCUT2D eigenvalue weighted by Gasteiger charge is -2.33. The van der Waals surface area contributed by atoms with E-state index in [-0.39, 0.29) is 10.9 Å². The molecule has 0 spiro atoms. The zero-order chi connectivity index (χ0) is 15.2. The summed E-state index contributed by atoms with van der Waals surface area (Å²) in [5, 5.41) is 3.91. The lowest BCUT2D eigenvalue weighted by Crippen LogP contribution is -2.36. The third kappa shape index (κ3) is 4.75. The molecule has 1 unspecified atom stereocenters. The molecule has 1 aliphatic heterocycles. The molecule has 0 amide bonds. The van der Waals surface area contributed by atoms with Crippen LogP contribution in [0.3, 0.4) is 0 Å². The Morgan fingerprint density at radius 2 is 2.38 bits per heavy atom. The van der Waals surface area contributed by atoms with Crippen molar-refractivity contribution in [1.29, 1.82) is 0 Å². The molecule has 1 atom stereocenters. The molecule has 6 heteroatoms. The summed E-state index contributed by atoms with van der Waals surface area (Å²) < 4.78 is 14.2. The second-order valence-electron chi connectivity index (χ2n) is 5.40. The number of piperidine rings is 1. The van der Waals surface area contributed by atoms with E-state index < -0.39 is 0 Å². The monoisotopic (exact) mass is 308 g/mol. The first-order valence-electron chi connectivity index (χ1n) is 7.17. The average molecular weight is 308 g/mol. The number of nitrogens with one attached hydrogen (secondary N) is 1. The third-order valence-corrected chi connectivity index (χ3v) is 3.87. The van der Waals surface area contributed by atoms with Crippen LogP contribution in [0.5, 0.6) is 0 Å². The molecule has 1 saturated heterocycles. The van der Waals surface area contributed by atoms with E-state index in [1.165, 1.54) is 31.5 Å². The molecule has 1 heterocycles. The summed E-state index contributed by atoms with van der Waals surface area (Å²) >= 11 is 4.63. The molecule has 3 N–H and O–H groups in total. The lowest BCUT2D eigenvalue weighted by atomic mass is 10.0. The quantitative estimate of drug-likeness (QED) is 0.509. The van der Waals surface area contributed by atoms with E-state index in [1.807, 2.05) is 12.1 Å². The maximum atomic E-state index is 14.2. The van der Waals surface area contributed by atoms with Crippen LogP contribution in [0.25, 0.3) is 0 Å². The van der Waals surface area contributed by atoms with Gasteiger partial charge in [-0.3, -0.25) is 10.3 Å². The van der Waals surface area contributed by atoms with Gasteiger partial charge in [-0.15, -0.1) is 0 Å². The van der Waals surface area contributed by atoms with Gasteiger partial charge in [0.1, 0.15) is 5.82 Å². The predicted octanol–water partition coefficient (Wildman–Crippen LogP) is 2.37. The van der Waals surface area contributed by atoms with Crippen LogP contribution >= 0.6 is 12.2 Å². The fourth-order valence-electron chi connectivity index (χ4n) is 2.55. The van der Waals surface area contributed by atoms with Crippen LogP contribution in [0, 0.1) is 5.82 Å². The SMILES string of the molecule is CC1CCCCN1Cc1ccc(C=NNC(N)=S)cc1F. The minimum atomic E-state index is -0.202. The summed E-state index contributed by atoms with van der Waals surface area (Å²) in [5.41, 5.74) is 9.10. The molecule has 114 valence electrons. The van der Waals surface area contributed by atoms with Crippen LogP contribution in [0.4, 0.5) is 4.39 Å². The molecule has 1 aromatic carbocycles. The molecular formula is C15H21FN4S. The number of rotatable bonds is 4. The van der Waals surface area contributed by atoms with Crippen molar-refractivity contribution in [1.82, 2.24) is 10.3 Å². The molecule has 0 saturated carbocycles. The second kappa shape index (κ2) is 7.47. The minimum Gasteiger partial charge on any atom is -0.375 e. The summed E-state index contributed by atoms with van der Waals surface area (Å²) in [6, 6.07) is 5.67. The fraction of sp³-hybridized carbons (Fsp3) is 0.467. The Hall–Kier alpha value is -1.53. The smallest absolute Gasteiger partial charge is 0.184 e. The third-order valence-electron chi connectivity index (χ3n) is 3.78. The van der Waals surface area contributed by atoms with Gasteiger partial charge in [-0.25, -0.2) is 4.39 Å². The van der Waals surface area contributed by atoms with E-state index >= 15 is 0 Å². The zero-order valence-electron chi connectivity index (χ0n) is 12.2. The number of thiocarbonyl (C=S) groups is 1. The normalized spacial score (nSPS) is 19.8. The number of hydrazone groups is 1. The molecule has 1 fully saturated rings. The number of likely N-dealkylation sites (tertiary alicyclic amines) is 1. The average Bonchev–Trinajstić information content (AvgIpc) is 2.43. The van der Waals surface area contributed by atoms with Crippen LogP contribution in [-0.2, 0) is 6.54 Å². The number of hydrogen-bond donors (Lipinski definition) is 2. The van der Waals surface area contributed by atoms with Crippen molar-refractivity contribution in [3.05, 3.63) is 35.1 Å². The van der Waals surface area contributed by atoms with E-state index in [0.717, 1.165) is 12.1 Å². The van der Waals surface area contributed by atoms with E-state index in [4.69, 9.17) is 5.73 Å². The van der Waals surface area contributed by atoms with Crippen LogP contribution in [0.1, 0.15) is 37.3 Å². The van der Waals surface area contributed by atoms with E-state index in [9.17, 15) is 4.39 Å². The first kappa shape index (κ1) is 15.9. The number of nitrogens with two attached hydrogens (primary N) is 1. The van der Waals surface area contributed by atoms with Gasteiger partial charge in [0, 0.05) is 18.2 Å². The van der Waals surface area contributed by atoms with Gasteiger partial charge in [0.25, 0.3) is 0 Å². The van der Waals surface area contributed by atoms with Crippen molar-refractivity contribution in [2.75, 3.05) is 6.54 Å². The van der Waals surface area contributed by atoms with Crippen molar-refractivity contribution in [2.45, 2.75) is 38.8 Å². The lowest BCUT2D eigenvalue weighted by molar-refractivity contribution is 0.151. The van der Waals surface area contributed by atoms with Gasteiger partial charge in [0.05, 0.1) is 6.21 Å². The van der Waals surface area contributed by atoms with Gasteiger partial charge < -0.3 is 5.73 Å². The molecule has 0 bridgehead atoms. The van der Waals surface area contributed by atoms with E-state index in [2.05, 4.69) is 34.6 Å². The highest BCUT2D eigenvalue weighted by atomic mass is 32.1. The van der Waals surface area contributed by atoms with Crippen molar-refractivity contribution in [2.24, 2.45) is 10.8 Å². The molecule has 2 rings (SSSR count). The summed E-state index contributed by atoms with van der Waals surface area (Å²) in [5.74, 6) is -0.202. The summed E-state index contributed by atoms with van der Waals surface area (Å²) in [7, 11) is 0. The minimum absolute atomic E-state index is 0.0856. The van der Waals surface area contributed by atoms with Gasteiger partial charge in [-0.05, 0) is 50.2 Å². The maximum absolute atomic E-state index is 14.2. The Balaban J connectivity index is 2.01. The van der Waals surface area contributed by atoms with Gasteiger partial charge in [-0.2, -0.15) is 5.10 Å². The summed E-state index contributed by atoms with van der Waals surface area (Å²) in [4.78, 5) is 2.34. The summed E-state index contributed by atoms with van der Waals surface area (Å²) in [6.45, 7) is 3.91.